The van der Waals surface area contributed by atoms with Crippen LogP contribution in [0.25, 0.3) is 0 Å². The van der Waals surface area contributed by atoms with Crippen LogP contribution in [-0.2, 0) is 6.42 Å². The average Bonchev–Trinajstić information content (AvgIpc) is 2.25. The molecule has 0 aliphatic heterocycles. The van der Waals surface area contributed by atoms with Gasteiger partial charge in [-0.05, 0) is 25.5 Å². The van der Waals surface area contributed by atoms with Gasteiger partial charge in [0.05, 0.1) is 0 Å². The van der Waals surface area contributed by atoms with Gasteiger partial charge < -0.3 is 0 Å². The smallest absolute Gasteiger partial charge is 0.0187 e. The van der Waals surface area contributed by atoms with Gasteiger partial charge in [0.25, 0.3) is 0 Å². The van der Waals surface area contributed by atoms with Gasteiger partial charge in [-0.15, -0.1) is 0 Å². The molecule has 82 valence electrons. The minimum Gasteiger partial charge on any atom is -0.299 e. The van der Waals surface area contributed by atoms with E-state index in [1.54, 1.807) is 0 Å². The van der Waals surface area contributed by atoms with Crippen LogP contribution in [0.2, 0.25) is 0 Å². The van der Waals surface area contributed by atoms with Gasteiger partial charge in [0.1, 0.15) is 0 Å². The normalized spacial score (nSPS) is 10.6. The summed E-state index contributed by atoms with van der Waals surface area (Å²) in [4.78, 5) is 2.43. The fourth-order valence-corrected chi connectivity index (χ4v) is 1.66. The zero-order chi connectivity index (χ0) is 11.1. The zero-order valence-electron chi connectivity index (χ0n) is 9.87. The maximum atomic E-state index is 3.96. The molecule has 1 heteroatoms. The Morgan fingerprint density at radius 3 is 2.47 bits per heavy atom. The Balaban J connectivity index is 2.37. The van der Waals surface area contributed by atoms with E-state index in [2.05, 4.69) is 55.7 Å². The van der Waals surface area contributed by atoms with Crippen LogP contribution in [0.15, 0.2) is 42.5 Å². The lowest BCUT2D eigenvalue weighted by molar-refractivity contribution is 0.316. The van der Waals surface area contributed by atoms with E-state index >= 15 is 0 Å². The standard InChI is InChI=1S/C14H21N/c1-4-15(12-13(2)3)11-10-14-8-6-5-7-9-14/h5-9H,2,4,10-12H2,1,3H3. The Morgan fingerprint density at radius 1 is 1.27 bits per heavy atom. The predicted molar refractivity (Wildman–Crippen MR) is 67.1 cm³/mol. The quantitative estimate of drug-likeness (QED) is 0.642. The maximum Gasteiger partial charge on any atom is 0.0187 e. The van der Waals surface area contributed by atoms with Crippen LogP contribution >= 0.6 is 0 Å². The fourth-order valence-electron chi connectivity index (χ4n) is 1.66. The van der Waals surface area contributed by atoms with Crippen molar-refractivity contribution in [1.82, 2.24) is 4.90 Å². The Kier molecular flexibility index (Phi) is 5.13. The summed E-state index contributed by atoms with van der Waals surface area (Å²) in [5, 5.41) is 0. The molecule has 0 saturated heterocycles. The fraction of sp³-hybridized carbons (Fsp3) is 0.429. The molecule has 0 spiro atoms. The SMILES string of the molecule is C=C(C)CN(CC)CCc1ccccc1. The molecule has 0 bridgehead atoms. The van der Waals surface area contributed by atoms with Gasteiger partial charge in [0, 0.05) is 13.1 Å². The van der Waals surface area contributed by atoms with Crippen molar-refractivity contribution in [2.45, 2.75) is 20.3 Å². The predicted octanol–water partition coefficient (Wildman–Crippen LogP) is 3.13. The van der Waals surface area contributed by atoms with Gasteiger partial charge >= 0.3 is 0 Å². The first-order valence-corrected chi connectivity index (χ1v) is 5.63. The summed E-state index contributed by atoms with van der Waals surface area (Å²) in [6, 6.07) is 10.6. The Bertz CT molecular complexity index is 289. The van der Waals surface area contributed by atoms with Crippen molar-refractivity contribution in [1.29, 1.82) is 0 Å². The highest BCUT2D eigenvalue weighted by molar-refractivity contribution is 5.14. The van der Waals surface area contributed by atoms with Gasteiger partial charge in [0.2, 0.25) is 0 Å². The molecular weight excluding hydrogens is 182 g/mol. The van der Waals surface area contributed by atoms with Crippen LogP contribution in [0, 0.1) is 0 Å². The molecule has 1 aromatic carbocycles. The monoisotopic (exact) mass is 203 g/mol. The van der Waals surface area contributed by atoms with Crippen molar-refractivity contribution in [3.63, 3.8) is 0 Å². The largest absolute Gasteiger partial charge is 0.299 e. The molecule has 0 heterocycles. The Hall–Kier alpha value is -1.08. The number of benzene rings is 1. The summed E-state index contributed by atoms with van der Waals surface area (Å²) < 4.78 is 0. The molecule has 0 N–H and O–H groups in total. The molecule has 0 atom stereocenters. The third-order valence-electron chi connectivity index (χ3n) is 2.50. The molecule has 0 fully saturated rings. The summed E-state index contributed by atoms with van der Waals surface area (Å²) in [7, 11) is 0. The third-order valence-corrected chi connectivity index (χ3v) is 2.50. The average molecular weight is 203 g/mol. The number of likely N-dealkylation sites (N-methyl/N-ethyl adjacent to an activating group) is 1. The molecule has 0 aromatic heterocycles. The van der Waals surface area contributed by atoms with Crippen molar-refractivity contribution in [3.8, 4) is 0 Å². The molecule has 0 aliphatic carbocycles. The van der Waals surface area contributed by atoms with E-state index in [-0.39, 0.29) is 0 Å². The van der Waals surface area contributed by atoms with E-state index in [1.807, 2.05) is 0 Å². The Labute approximate surface area is 93.4 Å². The van der Waals surface area contributed by atoms with E-state index in [4.69, 9.17) is 0 Å². The molecular formula is C14H21N. The van der Waals surface area contributed by atoms with Crippen LogP contribution < -0.4 is 0 Å². The van der Waals surface area contributed by atoms with Crippen LogP contribution in [0.5, 0.6) is 0 Å². The lowest BCUT2D eigenvalue weighted by Gasteiger charge is -2.20. The second-order valence-electron chi connectivity index (χ2n) is 4.06. The number of hydrogen-bond acceptors (Lipinski definition) is 1. The molecule has 1 rings (SSSR count). The van der Waals surface area contributed by atoms with E-state index < -0.39 is 0 Å². The first-order valence-electron chi connectivity index (χ1n) is 5.63. The minimum atomic E-state index is 1.02. The summed E-state index contributed by atoms with van der Waals surface area (Å²) in [6.45, 7) is 11.5. The zero-order valence-corrected chi connectivity index (χ0v) is 9.87. The van der Waals surface area contributed by atoms with Crippen LogP contribution in [0.4, 0.5) is 0 Å². The van der Waals surface area contributed by atoms with Gasteiger partial charge in [-0.25, -0.2) is 0 Å². The molecule has 0 saturated carbocycles. The highest BCUT2D eigenvalue weighted by atomic mass is 15.1. The summed E-state index contributed by atoms with van der Waals surface area (Å²) in [5.74, 6) is 0. The van der Waals surface area contributed by atoms with Crippen molar-refractivity contribution < 1.29 is 0 Å². The van der Waals surface area contributed by atoms with E-state index in [9.17, 15) is 0 Å². The van der Waals surface area contributed by atoms with Crippen molar-refractivity contribution in [2.24, 2.45) is 0 Å². The first-order chi connectivity index (χ1) is 7.22. The van der Waals surface area contributed by atoms with Gasteiger partial charge in [-0.1, -0.05) is 49.4 Å². The van der Waals surface area contributed by atoms with E-state index in [1.165, 1.54) is 11.1 Å². The summed E-state index contributed by atoms with van der Waals surface area (Å²) in [6.07, 6.45) is 1.13. The van der Waals surface area contributed by atoms with E-state index in [0.29, 0.717) is 0 Å². The van der Waals surface area contributed by atoms with Gasteiger partial charge in [-0.2, -0.15) is 0 Å². The molecule has 0 amide bonds. The van der Waals surface area contributed by atoms with Crippen molar-refractivity contribution in [3.05, 3.63) is 48.0 Å². The summed E-state index contributed by atoms with van der Waals surface area (Å²) >= 11 is 0. The lowest BCUT2D eigenvalue weighted by atomic mass is 10.1. The Morgan fingerprint density at radius 2 is 1.93 bits per heavy atom. The molecule has 0 aliphatic rings. The van der Waals surface area contributed by atoms with Gasteiger partial charge in [0.15, 0.2) is 0 Å². The van der Waals surface area contributed by atoms with Crippen LogP contribution in [-0.4, -0.2) is 24.5 Å². The number of hydrogen-bond donors (Lipinski definition) is 0. The highest BCUT2D eigenvalue weighted by Gasteiger charge is 2.02. The molecule has 0 unspecified atom stereocenters. The second-order valence-corrected chi connectivity index (χ2v) is 4.06. The lowest BCUT2D eigenvalue weighted by Crippen LogP contribution is -2.27. The molecule has 1 aromatic rings. The highest BCUT2D eigenvalue weighted by Crippen LogP contribution is 2.02. The molecule has 15 heavy (non-hydrogen) atoms. The van der Waals surface area contributed by atoms with Crippen molar-refractivity contribution >= 4 is 0 Å². The van der Waals surface area contributed by atoms with Crippen LogP contribution in [0.1, 0.15) is 19.4 Å². The molecule has 0 radical (unpaired) electrons. The number of nitrogens with zero attached hydrogens (tertiary/aromatic N) is 1. The van der Waals surface area contributed by atoms with Gasteiger partial charge in [-0.3, -0.25) is 4.90 Å². The molecule has 1 nitrogen and oxygen atoms in total. The first kappa shape index (κ1) is 12.0. The topological polar surface area (TPSA) is 3.24 Å². The third kappa shape index (κ3) is 4.80. The second kappa shape index (κ2) is 6.41. The van der Waals surface area contributed by atoms with Crippen molar-refractivity contribution in [2.75, 3.05) is 19.6 Å². The number of rotatable bonds is 6. The minimum absolute atomic E-state index is 1.02. The summed E-state index contributed by atoms with van der Waals surface area (Å²) in [5.41, 5.74) is 2.66. The van der Waals surface area contributed by atoms with E-state index in [0.717, 1.165) is 26.1 Å². The van der Waals surface area contributed by atoms with Crippen LogP contribution in [0.3, 0.4) is 0 Å². The maximum absolute atomic E-state index is 3.96.